The van der Waals surface area contributed by atoms with Gasteiger partial charge in [0.25, 0.3) is 0 Å². The highest BCUT2D eigenvalue weighted by Crippen LogP contribution is 2.35. The third-order valence-electron chi connectivity index (χ3n) is 6.76. The molecular formula is C27H33F3N4O4. The van der Waals surface area contributed by atoms with Crippen molar-refractivity contribution in [2.24, 2.45) is 0 Å². The molecule has 0 atom stereocenters. The number of amides is 3. The van der Waals surface area contributed by atoms with E-state index in [0.29, 0.717) is 49.8 Å². The summed E-state index contributed by atoms with van der Waals surface area (Å²) in [6.07, 6.45) is 0.473. The molecule has 2 aromatic rings. The lowest BCUT2D eigenvalue weighted by molar-refractivity contribution is -0.137. The van der Waals surface area contributed by atoms with Gasteiger partial charge in [0.15, 0.2) is 11.5 Å². The molecule has 11 heteroatoms. The van der Waals surface area contributed by atoms with Crippen LogP contribution in [0.25, 0.3) is 0 Å². The SMILES string of the molecule is COc1ccc(NC(=O)N2CCCN(CC(=O)Nc3ccccc3C(F)(F)F)CC2)cc1OC1CCCC1. The van der Waals surface area contributed by atoms with Crippen molar-refractivity contribution in [1.29, 1.82) is 0 Å². The molecule has 2 aromatic carbocycles. The number of ether oxygens (including phenoxy) is 2. The van der Waals surface area contributed by atoms with Crippen LogP contribution in [0.1, 0.15) is 37.7 Å². The van der Waals surface area contributed by atoms with Crippen LogP contribution in [0.4, 0.5) is 29.3 Å². The van der Waals surface area contributed by atoms with E-state index in [0.717, 1.165) is 31.7 Å². The number of methoxy groups -OCH3 is 1. The van der Waals surface area contributed by atoms with E-state index < -0.39 is 17.6 Å². The first-order chi connectivity index (χ1) is 18.2. The number of rotatable bonds is 7. The van der Waals surface area contributed by atoms with Crippen LogP contribution in [0, 0.1) is 0 Å². The first kappa shape index (κ1) is 27.6. The zero-order chi connectivity index (χ0) is 27.1. The predicted molar refractivity (Wildman–Crippen MR) is 138 cm³/mol. The Kier molecular flexibility index (Phi) is 8.98. The number of anilines is 2. The molecule has 1 aliphatic carbocycles. The molecule has 8 nitrogen and oxygen atoms in total. The average Bonchev–Trinajstić information content (AvgIpc) is 3.27. The van der Waals surface area contributed by atoms with Crippen molar-refractivity contribution in [1.82, 2.24) is 9.80 Å². The van der Waals surface area contributed by atoms with Crippen molar-refractivity contribution >= 4 is 23.3 Å². The van der Waals surface area contributed by atoms with Crippen LogP contribution in [0.5, 0.6) is 11.5 Å². The van der Waals surface area contributed by atoms with E-state index in [4.69, 9.17) is 9.47 Å². The number of nitrogens with zero attached hydrogens (tertiary/aromatic N) is 2. The molecule has 0 unspecified atom stereocenters. The van der Waals surface area contributed by atoms with Gasteiger partial charge in [-0.1, -0.05) is 12.1 Å². The maximum Gasteiger partial charge on any atom is 0.418 e. The van der Waals surface area contributed by atoms with Crippen molar-refractivity contribution in [2.75, 3.05) is 50.5 Å². The molecule has 38 heavy (non-hydrogen) atoms. The molecule has 0 spiro atoms. The fourth-order valence-electron chi connectivity index (χ4n) is 4.80. The van der Waals surface area contributed by atoms with Gasteiger partial charge in [0.1, 0.15) is 0 Å². The minimum Gasteiger partial charge on any atom is -0.493 e. The lowest BCUT2D eigenvalue weighted by Gasteiger charge is -2.23. The smallest absolute Gasteiger partial charge is 0.418 e. The number of carbonyl (C=O) groups excluding carboxylic acids is 2. The Morgan fingerprint density at radius 3 is 2.45 bits per heavy atom. The maximum atomic E-state index is 13.2. The third-order valence-corrected chi connectivity index (χ3v) is 6.76. The lowest BCUT2D eigenvalue weighted by atomic mass is 10.1. The second-order valence-electron chi connectivity index (χ2n) is 9.53. The highest BCUT2D eigenvalue weighted by Gasteiger charge is 2.33. The van der Waals surface area contributed by atoms with Gasteiger partial charge in [0.2, 0.25) is 5.91 Å². The van der Waals surface area contributed by atoms with Crippen molar-refractivity contribution < 1.29 is 32.2 Å². The monoisotopic (exact) mass is 534 g/mol. The first-order valence-corrected chi connectivity index (χ1v) is 12.8. The second-order valence-corrected chi connectivity index (χ2v) is 9.53. The van der Waals surface area contributed by atoms with E-state index in [1.807, 2.05) is 4.90 Å². The molecule has 2 N–H and O–H groups in total. The molecule has 1 aliphatic heterocycles. The van der Waals surface area contributed by atoms with Crippen molar-refractivity contribution in [3.05, 3.63) is 48.0 Å². The van der Waals surface area contributed by atoms with Gasteiger partial charge in [-0.2, -0.15) is 13.2 Å². The van der Waals surface area contributed by atoms with Gasteiger partial charge < -0.3 is 25.0 Å². The standard InChI is InChI=1S/C27H33F3N4O4/c1-37-23-12-11-19(17-24(23)38-20-7-2-3-8-20)31-26(36)34-14-6-13-33(15-16-34)18-25(35)32-22-10-5-4-9-21(22)27(28,29)30/h4-5,9-12,17,20H,2-3,6-8,13-16,18H2,1H3,(H,31,36)(H,32,35). The largest absolute Gasteiger partial charge is 0.493 e. The van der Waals surface area contributed by atoms with E-state index >= 15 is 0 Å². The molecule has 2 fully saturated rings. The van der Waals surface area contributed by atoms with Crippen LogP contribution in [0.2, 0.25) is 0 Å². The molecule has 3 amide bonds. The molecule has 0 aromatic heterocycles. The number of hydrogen-bond donors (Lipinski definition) is 2. The summed E-state index contributed by atoms with van der Waals surface area (Å²) in [5.74, 6) is 0.668. The van der Waals surface area contributed by atoms with Crippen molar-refractivity contribution in [3.8, 4) is 11.5 Å². The summed E-state index contributed by atoms with van der Waals surface area (Å²) in [4.78, 5) is 29.0. The summed E-state index contributed by atoms with van der Waals surface area (Å²) < 4.78 is 51.2. The predicted octanol–water partition coefficient (Wildman–Crippen LogP) is 5.21. The fourth-order valence-corrected chi connectivity index (χ4v) is 4.80. The number of para-hydroxylation sites is 1. The highest BCUT2D eigenvalue weighted by molar-refractivity contribution is 5.93. The Morgan fingerprint density at radius 2 is 1.71 bits per heavy atom. The number of nitrogens with one attached hydrogen (secondary N) is 2. The zero-order valence-corrected chi connectivity index (χ0v) is 21.4. The number of carbonyl (C=O) groups is 2. The molecule has 1 heterocycles. The van der Waals surface area contributed by atoms with Crippen LogP contribution in [-0.2, 0) is 11.0 Å². The quantitative estimate of drug-likeness (QED) is 0.510. The summed E-state index contributed by atoms with van der Waals surface area (Å²) >= 11 is 0. The minimum atomic E-state index is -4.56. The topological polar surface area (TPSA) is 83.1 Å². The van der Waals surface area contributed by atoms with Gasteiger partial charge in [0, 0.05) is 37.9 Å². The Morgan fingerprint density at radius 1 is 0.947 bits per heavy atom. The number of hydrogen-bond acceptors (Lipinski definition) is 5. The van der Waals surface area contributed by atoms with E-state index in [9.17, 15) is 22.8 Å². The lowest BCUT2D eigenvalue weighted by Crippen LogP contribution is -2.39. The molecule has 0 radical (unpaired) electrons. The molecule has 2 aliphatic rings. The summed E-state index contributed by atoms with van der Waals surface area (Å²) in [7, 11) is 1.58. The van der Waals surface area contributed by atoms with Gasteiger partial charge in [-0.3, -0.25) is 9.69 Å². The van der Waals surface area contributed by atoms with Crippen LogP contribution >= 0.6 is 0 Å². The van der Waals surface area contributed by atoms with Crippen molar-refractivity contribution in [3.63, 3.8) is 0 Å². The molecule has 206 valence electrons. The van der Waals surface area contributed by atoms with Gasteiger partial charge in [0.05, 0.1) is 31.0 Å². The van der Waals surface area contributed by atoms with E-state index in [-0.39, 0.29) is 24.4 Å². The number of urea groups is 1. The normalized spacial score (nSPS) is 17.1. The molecule has 0 bridgehead atoms. The maximum absolute atomic E-state index is 13.2. The van der Waals surface area contributed by atoms with Crippen LogP contribution in [0.15, 0.2) is 42.5 Å². The van der Waals surface area contributed by atoms with E-state index in [1.54, 1.807) is 30.2 Å². The van der Waals surface area contributed by atoms with E-state index in [1.165, 1.54) is 18.2 Å². The summed E-state index contributed by atoms with van der Waals surface area (Å²) in [5.41, 5.74) is -0.563. The minimum absolute atomic E-state index is 0.0675. The Bertz CT molecular complexity index is 1120. The van der Waals surface area contributed by atoms with Gasteiger partial charge in [-0.05, 0) is 56.4 Å². The van der Waals surface area contributed by atoms with Crippen LogP contribution in [0.3, 0.4) is 0 Å². The fraction of sp³-hybridized carbons (Fsp3) is 0.481. The van der Waals surface area contributed by atoms with Crippen molar-refractivity contribution in [2.45, 2.75) is 44.4 Å². The number of halogens is 3. The molecular weight excluding hydrogens is 501 g/mol. The van der Waals surface area contributed by atoms with E-state index in [2.05, 4.69) is 10.6 Å². The van der Waals surface area contributed by atoms with Gasteiger partial charge in [-0.25, -0.2) is 4.79 Å². The van der Waals surface area contributed by atoms with Crippen LogP contribution < -0.4 is 20.1 Å². The third kappa shape index (κ3) is 7.31. The Hall–Kier alpha value is -3.47. The summed E-state index contributed by atoms with van der Waals surface area (Å²) in [6, 6.07) is 9.91. The average molecular weight is 535 g/mol. The zero-order valence-electron chi connectivity index (χ0n) is 21.4. The molecule has 4 rings (SSSR count). The van der Waals surface area contributed by atoms with Gasteiger partial charge >= 0.3 is 12.2 Å². The number of benzene rings is 2. The van der Waals surface area contributed by atoms with Gasteiger partial charge in [-0.15, -0.1) is 0 Å². The summed E-state index contributed by atoms with van der Waals surface area (Å²) in [5, 5.41) is 5.29. The summed E-state index contributed by atoms with van der Waals surface area (Å²) in [6.45, 7) is 1.75. The molecule has 1 saturated carbocycles. The second kappa shape index (κ2) is 12.4. The Labute approximate surface area is 220 Å². The van der Waals surface area contributed by atoms with Crippen LogP contribution in [-0.4, -0.2) is 67.7 Å². The molecule has 1 saturated heterocycles. The first-order valence-electron chi connectivity index (χ1n) is 12.8. The highest BCUT2D eigenvalue weighted by atomic mass is 19.4. The number of alkyl halides is 3. The Balaban J connectivity index is 1.30.